The minimum absolute atomic E-state index is 0.121. The van der Waals surface area contributed by atoms with Gasteiger partial charge in [0.25, 0.3) is 0 Å². The van der Waals surface area contributed by atoms with Crippen molar-refractivity contribution in [3.05, 3.63) is 35.4 Å². The number of halogens is 2. The summed E-state index contributed by atoms with van der Waals surface area (Å²) in [5.74, 6) is -2.14. The van der Waals surface area contributed by atoms with E-state index in [4.69, 9.17) is 0 Å². The molecule has 0 N–H and O–H groups in total. The van der Waals surface area contributed by atoms with Crippen LogP contribution in [0.5, 0.6) is 0 Å². The van der Waals surface area contributed by atoms with Crippen molar-refractivity contribution in [3.8, 4) is 0 Å². The van der Waals surface area contributed by atoms with Gasteiger partial charge in [0.05, 0.1) is 12.2 Å². The molecule has 0 aliphatic heterocycles. The molecule has 0 saturated heterocycles. The lowest BCUT2D eigenvalue weighted by Gasteiger charge is -2.06. The SMILES string of the molecule is CCOC(=O)c1ccccc1C(=O)C(F)F. The van der Waals surface area contributed by atoms with Crippen molar-refractivity contribution < 1.29 is 23.1 Å². The molecule has 3 nitrogen and oxygen atoms in total. The van der Waals surface area contributed by atoms with E-state index in [1.165, 1.54) is 24.3 Å². The van der Waals surface area contributed by atoms with Gasteiger partial charge in [-0.05, 0) is 13.0 Å². The largest absolute Gasteiger partial charge is 0.462 e. The molecule has 0 aliphatic rings. The molecule has 0 aliphatic carbocycles. The van der Waals surface area contributed by atoms with Gasteiger partial charge >= 0.3 is 12.4 Å². The Kier molecular flexibility index (Phi) is 4.10. The molecule has 16 heavy (non-hydrogen) atoms. The van der Waals surface area contributed by atoms with Crippen molar-refractivity contribution in [1.82, 2.24) is 0 Å². The van der Waals surface area contributed by atoms with Crippen LogP contribution in [0.1, 0.15) is 27.6 Å². The number of alkyl halides is 2. The van der Waals surface area contributed by atoms with Gasteiger partial charge in [-0.2, -0.15) is 0 Å². The quantitative estimate of drug-likeness (QED) is 0.586. The Balaban J connectivity index is 3.10. The minimum atomic E-state index is -3.13. The molecule has 86 valence electrons. The average Bonchev–Trinajstić information content (AvgIpc) is 2.28. The summed E-state index contributed by atoms with van der Waals surface area (Å²) in [6.45, 7) is 1.71. The number of hydrogen-bond donors (Lipinski definition) is 0. The van der Waals surface area contributed by atoms with E-state index < -0.39 is 18.2 Å². The van der Waals surface area contributed by atoms with Crippen molar-refractivity contribution in [2.45, 2.75) is 13.3 Å². The van der Waals surface area contributed by atoms with Crippen LogP contribution in [0.2, 0.25) is 0 Å². The third-order valence-corrected chi connectivity index (χ3v) is 1.89. The molecule has 0 aromatic heterocycles. The van der Waals surface area contributed by atoms with Gasteiger partial charge in [0, 0.05) is 5.56 Å². The van der Waals surface area contributed by atoms with Gasteiger partial charge in [-0.3, -0.25) is 4.79 Å². The smallest absolute Gasteiger partial charge is 0.338 e. The standard InChI is InChI=1S/C11H10F2O3/c1-2-16-11(15)8-6-4-3-5-7(8)9(14)10(12)13/h3-6,10H,2H2,1H3. The molecule has 0 radical (unpaired) electrons. The van der Waals surface area contributed by atoms with Gasteiger partial charge in [-0.15, -0.1) is 0 Å². The Labute approximate surface area is 91.0 Å². The molecule has 1 aromatic rings. The van der Waals surface area contributed by atoms with Gasteiger partial charge in [0.2, 0.25) is 5.78 Å². The lowest BCUT2D eigenvalue weighted by Crippen LogP contribution is -2.16. The summed E-state index contributed by atoms with van der Waals surface area (Å²) in [6.07, 6.45) is -3.13. The second-order valence-corrected chi connectivity index (χ2v) is 2.93. The predicted molar refractivity (Wildman–Crippen MR) is 52.7 cm³/mol. The van der Waals surface area contributed by atoms with Crippen molar-refractivity contribution >= 4 is 11.8 Å². The van der Waals surface area contributed by atoms with Gasteiger partial charge in [0.1, 0.15) is 0 Å². The molecule has 5 heteroatoms. The third-order valence-electron chi connectivity index (χ3n) is 1.89. The maximum absolute atomic E-state index is 12.2. The van der Waals surface area contributed by atoms with Crippen LogP contribution in [0.15, 0.2) is 24.3 Å². The minimum Gasteiger partial charge on any atom is -0.462 e. The lowest BCUT2D eigenvalue weighted by atomic mass is 10.0. The third kappa shape index (κ3) is 2.62. The highest BCUT2D eigenvalue weighted by Gasteiger charge is 2.23. The number of carbonyl (C=O) groups is 2. The number of hydrogen-bond acceptors (Lipinski definition) is 3. The van der Waals surface area contributed by atoms with Crippen LogP contribution >= 0.6 is 0 Å². The number of esters is 1. The highest BCUT2D eigenvalue weighted by atomic mass is 19.3. The molecule has 0 bridgehead atoms. The van der Waals surface area contributed by atoms with Crippen molar-refractivity contribution in [3.63, 3.8) is 0 Å². The fraction of sp³-hybridized carbons (Fsp3) is 0.273. The first-order valence-corrected chi connectivity index (χ1v) is 4.66. The fourth-order valence-electron chi connectivity index (χ4n) is 1.20. The molecule has 0 unspecified atom stereocenters. The van der Waals surface area contributed by atoms with Crippen LogP contribution in [-0.2, 0) is 4.74 Å². The van der Waals surface area contributed by atoms with Crippen LogP contribution in [0.3, 0.4) is 0 Å². The first kappa shape index (κ1) is 12.3. The zero-order valence-electron chi connectivity index (χ0n) is 8.57. The molecule has 0 atom stereocenters. The number of Topliss-reactive ketones (excluding diaryl/α,β-unsaturated/α-hetero) is 1. The Morgan fingerprint density at radius 1 is 1.25 bits per heavy atom. The number of ether oxygens (including phenoxy) is 1. The van der Waals surface area contributed by atoms with Gasteiger partial charge in [0.15, 0.2) is 0 Å². The number of rotatable bonds is 4. The second kappa shape index (κ2) is 5.34. The summed E-state index contributed by atoms with van der Waals surface area (Å²) in [7, 11) is 0. The first-order chi connectivity index (χ1) is 7.57. The highest BCUT2D eigenvalue weighted by molar-refractivity contribution is 6.07. The molecule has 0 fully saturated rings. The Bertz CT molecular complexity index is 402. The number of benzene rings is 1. The molecule has 0 spiro atoms. The topological polar surface area (TPSA) is 43.4 Å². The van der Waals surface area contributed by atoms with Crippen molar-refractivity contribution in [2.24, 2.45) is 0 Å². The first-order valence-electron chi connectivity index (χ1n) is 4.66. The molecule has 0 heterocycles. The van der Waals surface area contributed by atoms with Crippen molar-refractivity contribution in [1.29, 1.82) is 0 Å². The highest BCUT2D eigenvalue weighted by Crippen LogP contribution is 2.14. The molecule has 0 saturated carbocycles. The Morgan fingerprint density at radius 2 is 1.81 bits per heavy atom. The van der Waals surface area contributed by atoms with Crippen LogP contribution in [0, 0.1) is 0 Å². The molecule has 0 amide bonds. The Hall–Kier alpha value is -1.78. The lowest BCUT2D eigenvalue weighted by molar-refractivity contribution is 0.0517. The van der Waals surface area contributed by atoms with E-state index in [-0.39, 0.29) is 17.7 Å². The van der Waals surface area contributed by atoms with E-state index in [2.05, 4.69) is 4.74 Å². The van der Waals surface area contributed by atoms with E-state index >= 15 is 0 Å². The summed E-state index contributed by atoms with van der Waals surface area (Å²) >= 11 is 0. The second-order valence-electron chi connectivity index (χ2n) is 2.93. The maximum Gasteiger partial charge on any atom is 0.338 e. The summed E-state index contributed by atoms with van der Waals surface area (Å²) in [4.78, 5) is 22.5. The van der Waals surface area contributed by atoms with Crippen molar-refractivity contribution in [2.75, 3.05) is 6.61 Å². The van der Waals surface area contributed by atoms with E-state index in [9.17, 15) is 18.4 Å². The summed E-state index contributed by atoms with van der Waals surface area (Å²) < 4.78 is 29.1. The molecular formula is C11H10F2O3. The summed E-state index contributed by atoms with van der Waals surface area (Å²) in [5.41, 5.74) is -0.439. The predicted octanol–water partition coefficient (Wildman–Crippen LogP) is 2.31. The van der Waals surface area contributed by atoms with Gasteiger partial charge in [-0.25, -0.2) is 13.6 Å². The summed E-state index contributed by atoms with van der Waals surface area (Å²) in [5, 5.41) is 0. The van der Waals surface area contributed by atoms with Crippen LogP contribution in [0.4, 0.5) is 8.78 Å². The summed E-state index contributed by atoms with van der Waals surface area (Å²) in [6, 6.07) is 5.36. The van der Waals surface area contributed by atoms with E-state index in [0.29, 0.717) is 0 Å². The molecule has 1 aromatic carbocycles. The van der Waals surface area contributed by atoms with Gasteiger partial charge < -0.3 is 4.74 Å². The average molecular weight is 228 g/mol. The fourth-order valence-corrected chi connectivity index (χ4v) is 1.20. The molecule has 1 rings (SSSR count). The van der Waals surface area contributed by atoms with E-state index in [0.717, 1.165) is 0 Å². The van der Waals surface area contributed by atoms with Gasteiger partial charge in [-0.1, -0.05) is 18.2 Å². The maximum atomic E-state index is 12.2. The zero-order chi connectivity index (χ0) is 12.1. The van der Waals surface area contributed by atoms with E-state index in [1.807, 2.05) is 0 Å². The number of carbonyl (C=O) groups excluding carboxylic acids is 2. The van der Waals surface area contributed by atoms with Crippen LogP contribution in [-0.4, -0.2) is 24.8 Å². The normalized spacial score (nSPS) is 10.2. The van der Waals surface area contributed by atoms with E-state index in [1.54, 1.807) is 6.92 Å². The van der Waals surface area contributed by atoms with Crippen LogP contribution in [0.25, 0.3) is 0 Å². The zero-order valence-corrected chi connectivity index (χ0v) is 8.57. The molecular weight excluding hydrogens is 218 g/mol. The Morgan fingerprint density at radius 3 is 2.31 bits per heavy atom. The number of ketones is 1. The van der Waals surface area contributed by atoms with Crippen LogP contribution < -0.4 is 0 Å². The monoisotopic (exact) mass is 228 g/mol.